The van der Waals surface area contributed by atoms with Crippen molar-refractivity contribution in [3.05, 3.63) is 90.1 Å². The molecule has 4 aromatic rings. The number of fused-ring (bicyclic) bond motifs is 1. The van der Waals surface area contributed by atoms with Gasteiger partial charge in [-0.3, -0.25) is 14.0 Å². The highest BCUT2D eigenvalue weighted by atomic mass is 32.2. The Balaban J connectivity index is 1.34. The number of carbonyl (C=O) groups is 2. The van der Waals surface area contributed by atoms with Crippen LogP contribution in [0.25, 0.3) is 5.65 Å². The van der Waals surface area contributed by atoms with Crippen LogP contribution < -0.4 is 10.6 Å². The molecule has 2 aromatic heterocycles. The first-order valence-corrected chi connectivity index (χ1v) is 10.8. The summed E-state index contributed by atoms with van der Waals surface area (Å²) in [5, 5.41) is 14.6. The van der Waals surface area contributed by atoms with E-state index in [0.717, 1.165) is 17.6 Å². The zero-order valence-corrected chi connectivity index (χ0v) is 17.5. The molecule has 2 N–H and O–H groups in total. The lowest BCUT2D eigenvalue weighted by molar-refractivity contribution is -0.113. The Labute approximate surface area is 183 Å². The first-order chi connectivity index (χ1) is 15.2. The highest BCUT2D eigenvalue weighted by Gasteiger charge is 2.14. The van der Waals surface area contributed by atoms with E-state index in [9.17, 15) is 9.59 Å². The van der Waals surface area contributed by atoms with Crippen molar-refractivity contribution in [2.24, 2.45) is 0 Å². The van der Waals surface area contributed by atoms with Crippen LogP contribution in [0.3, 0.4) is 0 Å². The van der Waals surface area contributed by atoms with E-state index in [0.29, 0.717) is 23.0 Å². The number of nitrogens with one attached hydrogen (secondary N) is 2. The number of aromatic nitrogens is 3. The van der Waals surface area contributed by atoms with Crippen LogP contribution in [0.2, 0.25) is 0 Å². The van der Waals surface area contributed by atoms with Gasteiger partial charge in [-0.25, -0.2) is 0 Å². The van der Waals surface area contributed by atoms with Crippen molar-refractivity contribution in [1.82, 2.24) is 19.9 Å². The van der Waals surface area contributed by atoms with Crippen molar-refractivity contribution < 1.29 is 9.59 Å². The summed E-state index contributed by atoms with van der Waals surface area (Å²) in [7, 11) is 0. The average molecular weight is 432 g/mol. The molecule has 0 fully saturated rings. The predicted molar refractivity (Wildman–Crippen MR) is 121 cm³/mol. The summed E-state index contributed by atoms with van der Waals surface area (Å²) in [5.41, 5.74) is 2.79. The number of pyridine rings is 1. The fourth-order valence-corrected chi connectivity index (χ4v) is 3.81. The van der Waals surface area contributed by atoms with Gasteiger partial charge in [-0.05, 0) is 36.2 Å². The third-order valence-corrected chi connectivity index (χ3v) is 5.55. The van der Waals surface area contributed by atoms with E-state index in [1.54, 1.807) is 24.3 Å². The Bertz CT molecular complexity index is 1190. The number of amides is 2. The number of hydrogen-bond acceptors (Lipinski definition) is 5. The number of rotatable bonds is 8. The maximum atomic E-state index is 12.6. The molecule has 0 atom stereocenters. The Hall–Kier alpha value is -3.65. The maximum Gasteiger partial charge on any atom is 0.253 e. The molecule has 0 bridgehead atoms. The maximum absolute atomic E-state index is 12.6. The number of nitrogens with zero attached hydrogens (tertiary/aromatic N) is 3. The number of para-hydroxylation sites is 1. The van der Waals surface area contributed by atoms with Gasteiger partial charge in [0, 0.05) is 12.7 Å². The molecule has 0 saturated heterocycles. The lowest BCUT2D eigenvalue weighted by atomic mass is 10.1. The van der Waals surface area contributed by atoms with E-state index in [1.807, 2.05) is 59.1 Å². The molecule has 0 aliphatic heterocycles. The average Bonchev–Trinajstić information content (AvgIpc) is 3.22. The largest absolute Gasteiger partial charge is 0.352 e. The first kappa shape index (κ1) is 20.6. The Kier molecular flexibility index (Phi) is 6.59. The first-order valence-electron chi connectivity index (χ1n) is 9.84. The normalized spacial score (nSPS) is 10.7. The van der Waals surface area contributed by atoms with Crippen LogP contribution in [0.5, 0.6) is 0 Å². The molecular formula is C23H21N5O2S. The minimum atomic E-state index is -0.220. The molecular weight excluding hydrogens is 410 g/mol. The van der Waals surface area contributed by atoms with Gasteiger partial charge in [0.1, 0.15) is 0 Å². The van der Waals surface area contributed by atoms with Crippen molar-refractivity contribution in [3.63, 3.8) is 0 Å². The highest BCUT2D eigenvalue weighted by molar-refractivity contribution is 7.99. The van der Waals surface area contributed by atoms with Crippen molar-refractivity contribution >= 4 is 34.9 Å². The molecule has 156 valence electrons. The highest BCUT2D eigenvalue weighted by Crippen LogP contribution is 2.19. The molecule has 0 radical (unpaired) electrons. The molecule has 2 aromatic carbocycles. The van der Waals surface area contributed by atoms with Gasteiger partial charge < -0.3 is 10.6 Å². The Morgan fingerprint density at radius 3 is 2.55 bits per heavy atom. The summed E-state index contributed by atoms with van der Waals surface area (Å²) >= 11 is 1.29. The second kappa shape index (κ2) is 9.90. The molecule has 2 heterocycles. The Morgan fingerprint density at radius 1 is 0.903 bits per heavy atom. The SMILES string of the molecule is O=C(CSc1nnc2ccccn12)Nc1ccccc1C(=O)NCCc1ccccc1. The van der Waals surface area contributed by atoms with Crippen LogP contribution in [0, 0.1) is 0 Å². The van der Waals surface area contributed by atoms with E-state index >= 15 is 0 Å². The van der Waals surface area contributed by atoms with Crippen LogP contribution in [-0.4, -0.2) is 38.7 Å². The lowest BCUT2D eigenvalue weighted by Crippen LogP contribution is -2.27. The minimum Gasteiger partial charge on any atom is -0.352 e. The molecule has 4 rings (SSSR count). The van der Waals surface area contributed by atoms with Gasteiger partial charge in [-0.1, -0.05) is 60.3 Å². The van der Waals surface area contributed by atoms with Crippen LogP contribution in [0.1, 0.15) is 15.9 Å². The number of carbonyl (C=O) groups excluding carboxylic acids is 2. The molecule has 2 amide bonds. The van der Waals surface area contributed by atoms with Crippen molar-refractivity contribution in [2.45, 2.75) is 11.6 Å². The zero-order valence-electron chi connectivity index (χ0n) is 16.7. The number of hydrogen-bond donors (Lipinski definition) is 2. The van der Waals surface area contributed by atoms with Gasteiger partial charge in [0.25, 0.3) is 5.91 Å². The second-order valence-electron chi connectivity index (χ2n) is 6.79. The van der Waals surface area contributed by atoms with Crippen molar-refractivity contribution in [3.8, 4) is 0 Å². The van der Waals surface area contributed by atoms with Crippen LogP contribution in [0.4, 0.5) is 5.69 Å². The predicted octanol–water partition coefficient (Wildman–Crippen LogP) is 3.43. The molecule has 7 nitrogen and oxygen atoms in total. The molecule has 0 aliphatic carbocycles. The lowest BCUT2D eigenvalue weighted by Gasteiger charge is -2.11. The van der Waals surface area contributed by atoms with E-state index in [2.05, 4.69) is 20.8 Å². The van der Waals surface area contributed by atoms with Gasteiger partial charge in [0.15, 0.2) is 10.8 Å². The van der Waals surface area contributed by atoms with Crippen molar-refractivity contribution in [2.75, 3.05) is 17.6 Å². The quantitative estimate of drug-likeness (QED) is 0.417. The monoisotopic (exact) mass is 431 g/mol. The molecule has 0 saturated carbocycles. The summed E-state index contributed by atoms with van der Waals surface area (Å²) in [4.78, 5) is 25.1. The van der Waals surface area contributed by atoms with Gasteiger partial charge >= 0.3 is 0 Å². The van der Waals surface area contributed by atoms with Crippen LogP contribution >= 0.6 is 11.8 Å². The van der Waals surface area contributed by atoms with Gasteiger partial charge in [-0.2, -0.15) is 0 Å². The van der Waals surface area contributed by atoms with E-state index in [-0.39, 0.29) is 17.6 Å². The smallest absolute Gasteiger partial charge is 0.253 e. The fraction of sp³-hybridized carbons (Fsp3) is 0.130. The summed E-state index contributed by atoms with van der Waals surface area (Å²) in [6.07, 6.45) is 2.59. The van der Waals surface area contributed by atoms with E-state index < -0.39 is 0 Å². The minimum absolute atomic E-state index is 0.152. The molecule has 8 heteroatoms. The van der Waals surface area contributed by atoms with Gasteiger partial charge in [-0.15, -0.1) is 10.2 Å². The Morgan fingerprint density at radius 2 is 1.68 bits per heavy atom. The molecule has 0 spiro atoms. The molecule has 0 unspecified atom stereocenters. The van der Waals surface area contributed by atoms with E-state index in [4.69, 9.17) is 0 Å². The van der Waals surface area contributed by atoms with Crippen LogP contribution in [-0.2, 0) is 11.2 Å². The van der Waals surface area contributed by atoms with Crippen molar-refractivity contribution in [1.29, 1.82) is 0 Å². The third-order valence-electron chi connectivity index (χ3n) is 4.60. The van der Waals surface area contributed by atoms with Gasteiger partial charge in [0.2, 0.25) is 5.91 Å². The summed E-state index contributed by atoms with van der Waals surface area (Å²) in [5.74, 6) is -0.287. The van der Waals surface area contributed by atoms with Crippen LogP contribution in [0.15, 0.2) is 84.1 Å². The summed E-state index contributed by atoms with van der Waals surface area (Å²) < 4.78 is 1.83. The number of thioether (sulfide) groups is 1. The van der Waals surface area contributed by atoms with E-state index in [1.165, 1.54) is 11.8 Å². The number of benzene rings is 2. The molecule has 31 heavy (non-hydrogen) atoms. The van der Waals surface area contributed by atoms with Gasteiger partial charge in [0.05, 0.1) is 17.0 Å². The fourth-order valence-electron chi connectivity index (χ4n) is 3.08. The standard InChI is InChI=1S/C23H21N5O2S/c29-21(16-31-23-27-26-20-12-6-7-15-28(20)23)25-19-11-5-4-10-18(19)22(30)24-14-13-17-8-2-1-3-9-17/h1-12,15H,13-14,16H2,(H,24,30)(H,25,29). The zero-order chi connectivity index (χ0) is 21.5. The summed E-state index contributed by atoms with van der Waals surface area (Å²) in [6, 6.07) is 22.6. The second-order valence-corrected chi connectivity index (χ2v) is 7.73. The summed E-state index contributed by atoms with van der Waals surface area (Å²) in [6.45, 7) is 0.515. The third kappa shape index (κ3) is 5.29. The molecule has 0 aliphatic rings. The topological polar surface area (TPSA) is 88.4 Å². The number of anilines is 1.